The topological polar surface area (TPSA) is 292 Å². The van der Waals surface area contributed by atoms with Gasteiger partial charge in [0, 0.05) is 87.0 Å². The van der Waals surface area contributed by atoms with Crippen molar-refractivity contribution in [1.29, 1.82) is 0 Å². The van der Waals surface area contributed by atoms with E-state index < -0.39 is 16.8 Å². The predicted octanol–water partition coefficient (Wildman–Crippen LogP) is 9.57. The third-order valence-corrected chi connectivity index (χ3v) is 20.2. The average Bonchev–Trinajstić information content (AvgIpc) is 1.60. The lowest BCUT2D eigenvalue weighted by Crippen LogP contribution is -2.49. The van der Waals surface area contributed by atoms with Gasteiger partial charge in [0.1, 0.15) is 30.1 Å². The van der Waals surface area contributed by atoms with E-state index in [1.165, 1.54) is 63.1 Å². The molecule has 0 amide bonds. The fourth-order valence-electron chi connectivity index (χ4n) is 11.1. The van der Waals surface area contributed by atoms with E-state index >= 15 is 0 Å². The smallest absolute Gasteiger partial charge is 0.222 e. The van der Waals surface area contributed by atoms with Gasteiger partial charge in [-0.3, -0.25) is 0 Å². The van der Waals surface area contributed by atoms with Crippen LogP contribution in [0.3, 0.4) is 0 Å². The number of nitrogens with zero attached hydrogens (tertiary/aromatic N) is 12. The highest BCUT2D eigenvalue weighted by atomic mass is 79.9. The number of nitrogen functional groups attached to an aromatic ring is 3. The number of hydrogen-bond acceptors (Lipinski definition) is 24. The first-order chi connectivity index (χ1) is 43.5. The summed E-state index contributed by atoms with van der Waals surface area (Å²) in [6.07, 6.45) is 14.5. The number of aromatic nitrogens is 9. The standard InChI is InChI=1S/2C21H18ClN5O2S.C14H12BrClN4O.C7H7NOS/c2*1-20(28,18-24-6-7-30-18)5-4-13-2-3-14-16(8-13)27(10-21(14)11-29-12-21)17-15(22)9-25-19(23)26-17;15-8-1-2-9-11(3-8)20(5-14(9)6-21-7-14)12-10(16)4-18-13(17)19-12;1-3-7(2,9)6-8-4-5-10-6/h2*2-3,6-9,28H,10-12H2,1H3,(H2,23,25,26);1-4H,5-7H2,(H2,17,18,19);1,4-5,9H,2H3/t2*20-;;/m10../s1. The lowest BCUT2D eigenvalue weighted by atomic mass is 9.80. The minimum absolute atomic E-state index is 0.0269. The molecule has 91 heavy (non-hydrogen) atoms. The van der Waals surface area contributed by atoms with Gasteiger partial charge in [0.05, 0.1) is 74.5 Å². The van der Waals surface area contributed by atoms with Crippen molar-refractivity contribution in [2.24, 2.45) is 0 Å². The van der Waals surface area contributed by atoms with Crippen LogP contribution in [0.25, 0.3) is 0 Å². The molecular weight excluding hydrogens is 1350 g/mol. The van der Waals surface area contributed by atoms with Gasteiger partial charge in [-0.05, 0) is 73.9 Å². The number of fused-ring (bicyclic) bond motifs is 6. The molecular formula is C63H55BrCl3N15O6S3. The van der Waals surface area contributed by atoms with E-state index in [1.807, 2.05) is 44.8 Å². The Hall–Kier alpha value is -7.62. The number of benzene rings is 3. The molecule has 9 N–H and O–H groups in total. The molecule has 0 saturated carbocycles. The third-order valence-electron chi connectivity index (χ3n) is 15.9. The monoisotopic (exact) mass is 1400 g/mol. The van der Waals surface area contributed by atoms with E-state index in [2.05, 4.69) is 126 Å². The van der Waals surface area contributed by atoms with Crippen molar-refractivity contribution in [1.82, 2.24) is 44.9 Å². The van der Waals surface area contributed by atoms with Gasteiger partial charge in [-0.25, -0.2) is 29.9 Å². The second-order valence-corrected chi connectivity index (χ2v) is 27.6. The molecule has 3 aromatic carbocycles. The Balaban J connectivity index is 0.000000124. The molecule has 6 aliphatic rings. The van der Waals surface area contributed by atoms with Crippen LogP contribution in [-0.2, 0) is 47.3 Å². The normalized spacial score (nSPS) is 18.1. The van der Waals surface area contributed by atoms with E-state index in [1.54, 1.807) is 50.9 Å². The van der Waals surface area contributed by atoms with Crippen molar-refractivity contribution in [2.75, 3.05) is 91.2 Å². The summed E-state index contributed by atoms with van der Waals surface area (Å²) in [6, 6.07) is 18.3. The van der Waals surface area contributed by atoms with Crippen molar-refractivity contribution < 1.29 is 29.5 Å². The van der Waals surface area contributed by atoms with Crippen molar-refractivity contribution in [3.05, 3.63) is 170 Å². The summed E-state index contributed by atoms with van der Waals surface area (Å²) in [5.41, 5.74) is 21.5. The number of hydrogen-bond donors (Lipinski definition) is 6. The minimum Gasteiger partial charge on any atom is -0.379 e. The second-order valence-electron chi connectivity index (χ2n) is 22.8. The van der Waals surface area contributed by atoms with E-state index in [4.69, 9.17) is 72.6 Å². The van der Waals surface area contributed by atoms with Gasteiger partial charge in [0.2, 0.25) is 17.8 Å². The molecule has 12 heterocycles. The molecule has 6 aromatic heterocycles. The van der Waals surface area contributed by atoms with Crippen LogP contribution in [0.15, 0.2) is 112 Å². The number of thiazole rings is 3. The maximum absolute atomic E-state index is 10.7. The molecule has 28 heteroatoms. The SMILES string of the molecule is C#CC(C)(O)c1nccs1.C[C@@](O)(C#Cc1ccc2c(c1)N(c1nc(N)ncc1Cl)CC21COC1)c1nccs1.C[C@](O)(C#Cc1ccc2c(c1)N(c1nc(N)ncc1Cl)CC21COC1)c1nccs1.Nc1ncc(Cl)c(N2CC3(COC3)c3ccc(Br)cc32)n1. The van der Waals surface area contributed by atoms with Crippen LogP contribution in [-0.4, -0.2) is 119 Å². The predicted molar refractivity (Wildman–Crippen MR) is 358 cm³/mol. The Morgan fingerprint density at radius 1 is 0.516 bits per heavy atom. The summed E-state index contributed by atoms with van der Waals surface area (Å²) in [6.45, 7) is 11.0. The van der Waals surface area contributed by atoms with Crippen LogP contribution in [0, 0.1) is 36.0 Å². The quantitative estimate of drug-likeness (QED) is 0.0844. The largest absolute Gasteiger partial charge is 0.379 e. The van der Waals surface area contributed by atoms with Gasteiger partial charge >= 0.3 is 0 Å². The highest BCUT2D eigenvalue weighted by molar-refractivity contribution is 9.10. The van der Waals surface area contributed by atoms with E-state index in [-0.39, 0.29) is 34.1 Å². The molecule has 6 aliphatic heterocycles. The summed E-state index contributed by atoms with van der Waals surface area (Å²) in [5, 5.41) is 39.2. The molecule has 21 nitrogen and oxygen atoms in total. The van der Waals surface area contributed by atoms with Crippen LogP contribution in [0.2, 0.25) is 15.1 Å². The Morgan fingerprint density at radius 2 is 0.846 bits per heavy atom. The second kappa shape index (κ2) is 25.1. The molecule has 1 unspecified atom stereocenters. The zero-order valence-corrected chi connectivity index (χ0v) is 55.0. The first-order valence-corrected chi connectivity index (χ1v) is 32.5. The molecule has 3 saturated heterocycles. The Morgan fingerprint density at radius 3 is 1.15 bits per heavy atom. The van der Waals surface area contributed by atoms with Crippen molar-refractivity contribution in [3.63, 3.8) is 0 Å². The summed E-state index contributed by atoms with van der Waals surface area (Å²) < 4.78 is 17.5. The number of aliphatic hydroxyl groups is 3. The highest BCUT2D eigenvalue weighted by Gasteiger charge is 2.52. The number of nitrogens with two attached hydrogens (primary N) is 3. The number of anilines is 9. The maximum atomic E-state index is 10.7. The molecule has 464 valence electrons. The zero-order chi connectivity index (χ0) is 64.1. The molecule has 9 aromatic rings. The van der Waals surface area contributed by atoms with E-state index in [9.17, 15) is 15.3 Å². The number of ether oxygens (including phenoxy) is 3. The molecule has 0 radical (unpaired) electrons. The van der Waals surface area contributed by atoms with Crippen LogP contribution in [0.1, 0.15) is 63.6 Å². The number of halogens is 4. The van der Waals surface area contributed by atoms with Crippen molar-refractivity contribution in [3.8, 4) is 36.0 Å². The first-order valence-electron chi connectivity index (χ1n) is 27.9. The summed E-state index contributed by atoms with van der Waals surface area (Å²) >= 11 is 26.7. The molecule has 0 bridgehead atoms. The van der Waals surface area contributed by atoms with Gasteiger partial charge in [-0.2, -0.15) is 15.0 Å². The Labute approximate surface area is 558 Å². The third kappa shape index (κ3) is 12.6. The Kier molecular flexibility index (Phi) is 17.5. The molecule has 3 spiro atoms. The van der Waals surface area contributed by atoms with Gasteiger partial charge in [0.15, 0.2) is 34.3 Å². The van der Waals surface area contributed by atoms with Gasteiger partial charge in [-0.1, -0.05) is 98.5 Å². The Bertz CT molecular complexity index is 4200. The summed E-state index contributed by atoms with van der Waals surface area (Å²) in [4.78, 5) is 43.3. The van der Waals surface area contributed by atoms with Gasteiger partial charge < -0.3 is 61.4 Å². The highest BCUT2D eigenvalue weighted by Crippen LogP contribution is 2.52. The van der Waals surface area contributed by atoms with Crippen LogP contribution in [0.5, 0.6) is 0 Å². The number of terminal acetylenes is 1. The zero-order valence-electron chi connectivity index (χ0n) is 48.7. The molecule has 3 atom stereocenters. The fraction of sp³-hybridized carbons (Fsp3) is 0.286. The fourth-order valence-corrected chi connectivity index (χ4v) is 14.0. The lowest BCUT2D eigenvalue weighted by Gasteiger charge is -2.38. The maximum Gasteiger partial charge on any atom is 0.222 e. The van der Waals surface area contributed by atoms with Crippen LogP contribution in [0.4, 0.5) is 52.4 Å². The summed E-state index contributed by atoms with van der Waals surface area (Å²) in [7, 11) is 0. The molecule has 3 fully saturated rings. The molecule has 0 aliphatic carbocycles. The lowest BCUT2D eigenvalue weighted by molar-refractivity contribution is -0.0507. The number of rotatable bonds is 6. The van der Waals surface area contributed by atoms with E-state index in [0.29, 0.717) is 87.1 Å². The van der Waals surface area contributed by atoms with Crippen LogP contribution >= 0.6 is 84.7 Å². The van der Waals surface area contributed by atoms with Gasteiger partial charge in [-0.15, -0.1) is 40.4 Å². The van der Waals surface area contributed by atoms with Crippen molar-refractivity contribution >= 4 is 137 Å². The molecule has 15 rings (SSSR count). The van der Waals surface area contributed by atoms with Crippen molar-refractivity contribution in [2.45, 2.75) is 53.8 Å². The van der Waals surface area contributed by atoms with Crippen LogP contribution < -0.4 is 31.9 Å². The average molecular weight is 1400 g/mol. The summed E-state index contributed by atoms with van der Waals surface area (Å²) in [5.74, 6) is 16.6. The van der Waals surface area contributed by atoms with Gasteiger partial charge in [0.25, 0.3) is 0 Å². The van der Waals surface area contributed by atoms with E-state index in [0.717, 1.165) is 52.4 Å². The first kappa shape index (κ1) is 63.5. The minimum atomic E-state index is -1.32.